The molecule has 1 N–H and O–H groups in total. The summed E-state index contributed by atoms with van der Waals surface area (Å²) in [6, 6.07) is 8.57. The van der Waals surface area contributed by atoms with Crippen LogP contribution in [0.2, 0.25) is 0 Å². The second-order valence-corrected chi connectivity index (χ2v) is 6.57. The van der Waals surface area contributed by atoms with E-state index in [4.69, 9.17) is 18.6 Å². The molecule has 0 fully saturated rings. The summed E-state index contributed by atoms with van der Waals surface area (Å²) in [5, 5.41) is 4.04. The largest absolute Gasteiger partial charge is 0.493 e. The molecule has 7 nitrogen and oxygen atoms in total. The lowest BCUT2D eigenvalue weighted by molar-refractivity contribution is 0.0601. The number of aryl methyl sites for hydroxylation is 2. The minimum absolute atomic E-state index is 0.296. The standard InChI is InChI=1S/C22H23NO6/c1-12-6-7-15-14(8-20(24)29-21(15)13(12)2)11-23-17-10-19(27-4)18(26-3)9-16(17)22(25)28-5/h6-10,23H,11H2,1-5H3. The molecule has 152 valence electrons. The van der Waals surface area contributed by atoms with Crippen molar-refractivity contribution >= 4 is 22.6 Å². The average molecular weight is 397 g/mol. The number of esters is 1. The Morgan fingerprint density at radius 2 is 1.72 bits per heavy atom. The Hall–Kier alpha value is -3.48. The molecule has 0 atom stereocenters. The molecule has 0 spiro atoms. The van der Waals surface area contributed by atoms with Gasteiger partial charge in [-0.25, -0.2) is 9.59 Å². The van der Waals surface area contributed by atoms with Crippen LogP contribution in [0.5, 0.6) is 11.5 Å². The third kappa shape index (κ3) is 3.89. The van der Waals surface area contributed by atoms with Crippen LogP contribution in [0, 0.1) is 13.8 Å². The molecule has 0 amide bonds. The number of fused-ring (bicyclic) bond motifs is 1. The van der Waals surface area contributed by atoms with Crippen LogP contribution in [0.25, 0.3) is 11.0 Å². The average Bonchev–Trinajstić information content (AvgIpc) is 2.73. The van der Waals surface area contributed by atoms with Crippen molar-refractivity contribution in [3.63, 3.8) is 0 Å². The van der Waals surface area contributed by atoms with Gasteiger partial charge in [0.15, 0.2) is 11.5 Å². The highest BCUT2D eigenvalue weighted by atomic mass is 16.5. The minimum Gasteiger partial charge on any atom is -0.493 e. The van der Waals surface area contributed by atoms with Crippen molar-refractivity contribution in [1.82, 2.24) is 0 Å². The molecule has 2 aromatic carbocycles. The Morgan fingerprint density at radius 3 is 2.38 bits per heavy atom. The second-order valence-electron chi connectivity index (χ2n) is 6.57. The molecule has 0 saturated heterocycles. The normalized spacial score (nSPS) is 10.7. The summed E-state index contributed by atoms with van der Waals surface area (Å²) in [6.07, 6.45) is 0. The second kappa shape index (κ2) is 8.26. The number of methoxy groups -OCH3 is 3. The van der Waals surface area contributed by atoms with Crippen molar-refractivity contribution < 1.29 is 23.4 Å². The van der Waals surface area contributed by atoms with Gasteiger partial charge in [-0.1, -0.05) is 12.1 Å². The zero-order chi connectivity index (χ0) is 21.1. The molecule has 0 bridgehead atoms. The maximum Gasteiger partial charge on any atom is 0.340 e. The van der Waals surface area contributed by atoms with Gasteiger partial charge in [-0.3, -0.25) is 0 Å². The maximum absolute atomic E-state index is 12.2. The Bertz CT molecular complexity index is 1130. The molecule has 3 aromatic rings. The first kappa shape index (κ1) is 20.3. The molecule has 0 aliphatic carbocycles. The molecular formula is C22H23NO6. The number of benzene rings is 2. The predicted molar refractivity (Wildman–Crippen MR) is 110 cm³/mol. The fourth-order valence-electron chi connectivity index (χ4n) is 3.17. The van der Waals surface area contributed by atoms with Crippen LogP contribution < -0.4 is 20.4 Å². The highest BCUT2D eigenvalue weighted by Crippen LogP contribution is 2.34. The smallest absolute Gasteiger partial charge is 0.340 e. The number of rotatable bonds is 6. The maximum atomic E-state index is 12.2. The van der Waals surface area contributed by atoms with Crippen molar-refractivity contribution in [2.45, 2.75) is 20.4 Å². The third-order valence-electron chi connectivity index (χ3n) is 4.92. The number of carbonyl (C=O) groups excluding carboxylic acids is 1. The molecular weight excluding hydrogens is 374 g/mol. The summed E-state index contributed by atoms with van der Waals surface area (Å²) in [5.41, 5.74) is 3.65. The number of hydrogen-bond donors (Lipinski definition) is 1. The van der Waals surface area contributed by atoms with Crippen LogP contribution >= 0.6 is 0 Å². The van der Waals surface area contributed by atoms with E-state index in [-0.39, 0.29) is 0 Å². The van der Waals surface area contributed by atoms with Crippen LogP contribution in [-0.4, -0.2) is 27.3 Å². The van der Waals surface area contributed by atoms with Gasteiger partial charge < -0.3 is 23.9 Å². The van der Waals surface area contributed by atoms with Crippen LogP contribution in [0.4, 0.5) is 5.69 Å². The first-order valence-corrected chi connectivity index (χ1v) is 9.00. The lowest BCUT2D eigenvalue weighted by Crippen LogP contribution is -2.11. The summed E-state index contributed by atoms with van der Waals surface area (Å²) >= 11 is 0. The summed E-state index contributed by atoms with van der Waals surface area (Å²) < 4.78 is 20.9. The lowest BCUT2D eigenvalue weighted by Gasteiger charge is -2.16. The van der Waals surface area contributed by atoms with E-state index in [0.717, 1.165) is 22.1 Å². The van der Waals surface area contributed by atoms with Gasteiger partial charge in [-0.2, -0.15) is 0 Å². The van der Waals surface area contributed by atoms with Crippen LogP contribution in [0.15, 0.2) is 39.5 Å². The number of carbonyl (C=O) groups is 1. The fraction of sp³-hybridized carbons (Fsp3) is 0.273. The Morgan fingerprint density at radius 1 is 1.03 bits per heavy atom. The van der Waals surface area contributed by atoms with Gasteiger partial charge in [-0.15, -0.1) is 0 Å². The molecule has 29 heavy (non-hydrogen) atoms. The molecule has 0 unspecified atom stereocenters. The van der Waals surface area contributed by atoms with Gasteiger partial charge >= 0.3 is 11.6 Å². The van der Waals surface area contributed by atoms with E-state index in [1.807, 2.05) is 26.0 Å². The Balaban J connectivity index is 2.05. The van der Waals surface area contributed by atoms with E-state index in [1.54, 1.807) is 12.1 Å². The summed E-state index contributed by atoms with van der Waals surface area (Å²) in [6.45, 7) is 4.18. The van der Waals surface area contributed by atoms with Crippen molar-refractivity contribution in [1.29, 1.82) is 0 Å². The summed E-state index contributed by atoms with van der Waals surface area (Å²) in [7, 11) is 4.32. The van der Waals surface area contributed by atoms with Crippen LogP contribution in [-0.2, 0) is 11.3 Å². The van der Waals surface area contributed by atoms with E-state index in [2.05, 4.69) is 5.32 Å². The molecule has 0 saturated carbocycles. The van der Waals surface area contributed by atoms with Crippen LogP contribution in [0.3, 0.4) is 0 Å². The van der Waals surface area contributed by atoms with Gasteiger partial charge in [0, 0.05) is 30.1 Å². The number of anilines is 1. The Kier molecular flexibility index (Phi) is 5.77. The van der Waals surface area contributed by atoms with Crippen molar-refractivity contribution in [3.8, 4) is 11.5 Å². The van der Waals surface area contributed by atoms with Gasteiger partial charge in [0.05, 0.1) is 32.6 Å². The SMILES string of the molecule is COC(=O)c1cc(OC)c(OC)cc1NCc1cc(=O)oc2c(C)c(C)ccc12. The van der Waals surface area contributed by atoms with E-state index < -0.39 is 11.6 Å². The number of nitrogens with one attached hydrogen (secondary N) is 1. The lowest BCUT2D eigenvalue weighted by atomic mass is 10.0. The monoisotopic (exact) mass is 397 g/mol. The van der Waals surface area contributed by atoms with Gasteiger partial charge in [-0.05, 0) is 30.5 Å². The summed E-state index contributed by atoms with van der Waals surface area (Å²) in [4.78, 5) is 24.3. The number of hydrogen-bond acceptors (Lipinski definition) is 7. The molecule has 0 aliphatic rings. The molecule has 7 heteroatoms. The third-order valence-corrected chi connectivity index (χ3v) is 4.92. The minimum atomic E-state index is -0.516. The molecule has 1 heterocycles. The van der Waals surface area contributed by atoms with Crippen molar-refractivity contribution in [2.24, 2.45) is 0 Å². The van der Waals surface area contributed by atoms with Gasteiger partial charge in [0.1, 0.15) is 5.58 Å². The van der Waals surface area contributed by atoms with Crippen LogP contribution in [0.1, 0.15) is 27.0 Å². The molecule has 1 aromatic heterocycles. The van der Waals surface area contributed by atoms with Gasteiger partial charge in [0.2, 0.25) is 0 Å². The van der Waals surface area contributed by atoms with E-state index in [1.165, 1.54) is 27.4 Å². The molecule has 3 rings (SSSR count). The van der Waals surface area contributed by atoms with Crippen molar-refractivity contribution in [2.75, 3.05) is 26.6 Å². The van der Waals surface area contributed by atoms with Crippen molar-refractivity contribution in [3.05, 3.63) is 63.0 Å². The van der Waals surface area contributed by atoms with E-state index in [0.29, 0.717) is 34.9 Å². The fourth-order valence-corrected chi connectivity index (χ4v) is 3.17. The van der Waals surface area contributed by atoms with Gasteiger partial charge in [0.25, 0.3) is 0 Å². The zero-order valence-corrected chi connectivity index (χ0v) is 17.0. The topological polar surface area (TPSA) is 87.0 Å². The van der Waals surface area contributed by atoms with E-state index >= 15 is 0 Å². The quantitative estimate of drug-likeness (QED) is 0.500. The summed E-state index contributed by atoms with van der Waals surface area (Å²) in [5.74, 6) is 0.360. The number of ether oxygens (including phenoxy) is 3. The first-order chi connectivity index (χ1) is 13.9. The zero-order valence-electron chi connectivity index (χ0n) is 17.0. The first-order valence-electron chi connectivity index (χ1n) is 9.00. The predicted octanol–water partition coefficient (Wildman–Crippen LogP) is 3.83. The van der Waals surface area contributed by atoms with E-state index in [9.17, 15) is 9.59 Å². The highest BCUT2D eigenvalue weighted by Gasteiger charge is 2.18. The molecule has 0 aliphatic heterocycles. The highest BCUT2D eigenvalue weighted by molar-refractivity contribution is 5.97. The Labute approximate surface area is 168 Å². The molecule has 0 radical (unpaired) electrons.